The van der Waals surface area contributed by atoms with Crippen LogP contribution in [0.25, 0.3) is 0 Å². The van der Waals surface area contributed by atoms with E-state index in [1.165, 1.54) is 0 Å². The van der Waals surface area contributed by atoms with Crippen molar-refractivity contribution in [3.8, 4) is 0 Å². The maximum absolute atomic E-state index is 5.26. The quantitative estimate of drug-likeness (QED) is 0.627. The Bertz CT molecular complexity index is 267. The molecule has 0 aromatic carbocycles. The molecule has 0 bridgehead atoms. The lowest BCUT2D eigenvalue weighted by molar-refractivity contribution is 0.0336. The average Bonchev–Trinajstić information content (AvgIpc) is 2.53. The van der Waals surface area contributed by atoms with E-state index >= 15 is 0 Å². The topological polar surface area (TPSA) is 43.2 Å². The maximum Gasteiger partial charge on any atom is 0.0967 e. The Balaban J connectivity index is 1.89. The lowest BCUT2D eigenvalue weighted by atomic mass is 10.3. The zero-order valence-electron chi connectivity index (χ0n) is 7.81. The Hall–Kier alpha value is -0.940. The van der Waals surface area contributed by atoms with E-state index in [1.54, 1.807) is 4.68 Å². The van der Waals surface area contributed by atoms with E-state index in [4.69, 9.17) is 4.74 Å². The minimum Gasteiger partial charge on any atom is -0.379 e. The Morgan fingerprint density at radius 3 is 2.85 bits per heavy atom. The molecule has 1 aliphatic heterocycles. The maximum atomic E-state index is 5.26. The van der Waals surface area contributed by atoms with Crippen molar-refractivity contribution in [3.63, 3.8) is 0 Å². The van der Waals surface area contributed by atoms with E-state index in [2.05, 4.69) is 15.2 Å². The molecule has 1 fully saturated rings. The highest BCUT2D eigenvalue weighted by molar-refractivity contribution is 4.91. The molecule has 2 heterocycles. The predicted molar refractivity (Wildman–Crippen MR) is 47.1 cm³/mol. The Kier molecular flexibility index (Phi) is 2.56. The van der Waals surface area contributed by atoms with Crippen molar-refractivity contribution < 1.29 is 4.74 Å². The van der Waals surface area contributed by atoms with E-state index in [0.29, 0.717) is 0 Å². The van der Waals surface area contributed by atoms with Crippen LogP contribution >= 0.6 is 0 Å². The van der Waals surface area contributed by atoms with Gasteiger partial charge in [0.05, 0.1) is 18.9 Å². The molecule has 0 amide bonds. The summed E-state index contributed by atoms with van der Waals surface area (Å²) in [5.41, 5.74) is 1.03. The molecule has 0 unspecified atom stereocenters. The molecular weight excluding hydrogens is 168 g/mol. The molecule has 5 nitrogen and oxygen atoms in total. The molecule has 5 heteroatoms. The van der Waals surface area contributed by atoms with E-state index < -0.39 is 0 Å². The van der Waals surface area contributed by atoms with Crippen molar-refractivity contribution in [1.82, 2.24) is 19.9 Å². The first kappa shape index (κ1) is 8.65. The number of hydrogen-bond donors (Lipinski definition) is 0. The smallest absolute Gasteiger partial charge is 0.0967 e. The minimum absolute atomic E-state index is 0.834. The second-order valence-corrected chi connectivity index (χ2v) is 3.27. The van der Waals surface area contributed by atoms with Gasteiger partial charge in [-0.2, -0.15) is 0 Å². The first-order valence-electron chi connectivity index (χ1n) is 4.50. The van der Waals surface area contributed by atoms with E-state index in [9.17, 15) is 0 Å². The predicted octanol–water partition coefficient (Wildman–Crippen LogP) is -0.353. The van der Waals surface area contributed by atoms with Gasteiger partial charge in [0.25, 0.3) is 0 Å². The fourth-order valence-electron chi connectivity index (χ4n) is 1.46. The zero-order chi connectivity index (χ0) is 9.10. The van der Waals surface area contributed by atoms with Crippen molar-refractivity contribution in [2.75, 3.05) is 26.3 Å². The van der Waals surface area contributed by atoms with Crippen LogP contribution in [-0.4, -0.2) is 46.2 Å². The standard InChI is InChI=1S/C8H14N4O/c1-11-6-8(9-10-11)7-12-2-4-13-5-3-12/h6H,2-5,7H2,1H3. The molecule has 72 valence electrons. The highest BCUT2D eigenvalue weighted by atomic mass is 16.5. The van der Waals surface area contributed by atoms with Crippen LogP contribution in [0.5, 0.6) is 0 Å². The third-order valence-corrected chi connectivity index (χ3v) is 2.14. The summed E-state index contributed by atoms with van der Waals surface area (Å²) in [5, 5.41) is 7.93. The van der Waals surface area contributed by atoms with Gasteiger partial charge in [-0.3, -0.25) is 9.58 Å². The van der Waals surface area contributed by atoms with E-state index in [0.717, 1.165) is 38.5 Å². The van der Waals surface area contributed by atoms with Crippen LogP contribution in [-0.2, 0) is 18.3 Å². The third-order valence-electron chi connectivity index (χ3n) is 2.14. The summed E-state index contributed by atoms with van der Waals surface area (Å²) in [7, 11) is 1.88. The van der Waals surface area contributed by atoms with Crippen molar-refractivity contribution in [2.24, 2.45) is 7.05 Å². The van der Waals surface area contributed by atoms with Gasteiger partial charge in [-0.25, -0.2) is 0 Å². The number of hydrogen-bond acceptors (Lipinski definition) is 4. The molecule has 1 aliphatic rings. The summed E-state index contributed by atoms with van der Waals surface area (Å²) in [6.07, 6.45) is 1.95. The van der Waals surface area contributed by atoms with Crippen molar-refractivity contribution in [2.45, 2.75) is 6.54 Å². The van der Waals surface area contributed by atoms with Gasteiger partial charge < -0.3 is 4.74 Å². The fraction of sp³-hybridized carbons (Fsp3) is 0.750. The molecule has 0 N–H and O–H groups in total. The Labute approximate surface area is 77.3 Å². The van der Waals surface area contributed by atoms with Crippen LogP contribution in [0.2, 0.25) is 0 Å². The van der Waals surface area contributed by atoms with Crippen LogP contribution in [0.4, 0.5) is 0 Å². The highest BCUT2D eigenvalue weighted by Crippen LogP contribution is 2.02. The molecule has 0 radical (unpaired) electrons. The van der Waals surface area contributed by atoms with E-state index in [-0.39, 0.29) is 0 Å². The SMILES string of the molecule is Cn1cc(CN2CCOCC2)nn1. The molecule has 13 heavy (non-hydrogen) atoms. The molecule has 0 atom stereocenters. The van der Waals surface area contributed by atoms with Crippen LogP contribution in [0.3, 0.4) is 0 Å². The second kappa shape index (κ2) is 3.85. The molecular formula is C8H14N4O. The third kappa shape index (κ3) is 2.26. The minimum atomic E-state index is 0.834. The monoisotopic (exact) mass is 182 g/mol. The number of aryl methyl sites for hydroxylation is 1. The number of morpholine rings is 1. The van der Waals surface area contributed by atoms with Crippen LogP contribution in [0, 0.1) is 0 Å². The van der Waals surface area contributed by atoms with Crippen LogP contribution in [0.1, 0.15) is 5.69 Å². The lowest BCUT2D eigenvalue weighted by Crippen LogP contribution is -2.35. The number of nitrogens with zero attached hydrogens (tertiary/aromatic N) is 4. The number of aromatic nitrogens is 3. The van der Waals surface area contributed by atoms with Crippen molar-refractivity contribution >= 4 is 0 Å². The van der Waals surface area contributed by atoms with Crippen molar-refractivity contribution in [1.29, 1.82) is 0 Å². The summed E-state index contributed by atoms with van der Waals surface area (Å²) in [4.78, 5) is 2.33. The van der Waals surface area contributed by atoms with E-state index in [1.807, 2.05) is 13.2 Å². The number of rotatable bonds is 2. The van der Waals surface area contributed by atoms with Gasteiger partial charge in [-0.15, -0.1) is 5.10 Å². The van der Waals surface area contributed by atoms with Gasteiger partial charge in [0.15, 0.2) is 0 Å². The van der Waals surface area contributed by atoms with Gasteiger partial charge in [0.2, 0.25) is 0 Å². The van der Waals surface area contributed by atoms with Crippen molar-refractivity contribution in [3.05, 3.63) is 11.9 Å². The van der Waals surface area contributed by atoms with Gasteiger partial charge in [0, 0.05) is 32.9 Å². The fourth-order valence-corrected chi connectivity index (χ4v) is 1.46. The van der Waals surface area contributed by atoms with Crippen LogP contribution in [0.15, 0.2) is 6.20 Å². The summed E-state index contributed by atoms with van der Waals surface area (Å²) < 4.78 is 6.99. The summed E-state index contributed by atoms with van der Waals surface area (Å²) in [6.45, 7) is 4.55. The van der Waals surface area contributed by atoms with Crippen LogP contribution < -0.4 is 0 Å². The molecule has 1 aromatic heterocycles. The largest absolute Gasteiger partial charge is 0.379 e. The average molecular weight is 182 g/mol. The van der Waals surface area contributed by atoms with Gasteiger partial charge >= 0.3 is 0 Å². The summed E-state index contributed by atoms with van der Waals surface area (Å²) >= 11 is 0. The first-order valence-corrected chi connectivity index (χ1v) is 4.50. The number of ether oxygens (including phenoxy) is 1. The molecule has 0 saturated carbocycles. The molecule has 2 rings (SSSR count). The molecule has 0 aliphatic carbocycles. The second-order valence-electron chi connectivity index (χ2n) is 3.27. The first-order chi connectivity index (χ1) is 6.34. The normalized spacial score (nSPS) is 19.2. The Morgan fingerprint density at radius 2 is 2.23 bits per heavy atom. The van der Waals surface area contributed by atoms with Gasteiger partial charge in [0.1, 0.15) is 0 Å². The van der Waals surface area contributed by atoms with Gasteiger partial charge in [-0.1, -0.05) is 5.21 Å². The summed E-state index contributed by atoms with van der Waals surface area (Å²) in [6, 6.07) is 0. The van der Waals surface area contributed by atoms with Gasteiger partial charge in [-0.05, 0) is 0 Å². The molecule has 0 spiro atoms. The molecule has 1 aromatic rings. The lowest BCUT2D eigenvalue weighted by Gasteiger charge is -2.25. The Morgan fingerprint density at radius 1 is 1.46 bits per heavy atom. The zero-order valence-corrected chi connectivity index (χ0v) is 7.81. The molecule has 1 saturated heterocycles. The highest BCUT2D eigenvalue weighted by Gasteiger charge is 2.11. The summed E-state index contributed by atoms with van der Waals surface area (Å²) in [5.74, 6) is 0.